The van der Waals surface area contributed by atoms with Crippen LogP contribution in [0.4, 0.5) is 5.69 Å². The fourth-order valence-corrected chi connectivity index (χ4v) is 3.52. The van der Waals surface area contributed by atoms with Crippen molar-refractivity contribution in [3.05, 3.63) is 58.5 Å². The molecule has 21 heavy (non-hydrogen) atoms. The van der Waals surface area contributed by atoms with Gasteiger partial charge in [-0.05, 0) is 37.3 Å². The second-order valence-corrected chi connectivity index (χ2v) is 6.58. The highest BCUT2D eigenvalue weighted by molar-refractivity contribution is 7.90. The average molecular weight is 303 g/mol. The van der Waals surface area contributed by atoms with Crippen molar-refractivity contribution in [2.24, 2.45) is 0 Å². The summed E-state index contributed by atoms with van der Waals surface area (Å²) in [6, 6.07) is 10.9. The molecule has 3 aromatic rings. The summed E-state index contributed by atoms with van der Waals surface area (Å²) in [6.45, 7) is 1.86. The highest BCUT2D eigenvalue weighted by Gasteiger charge is 2.22. The molecule has 1 heterocycles. The van der Waals surface area contributed by atoms with Crippen LogP contribution in [-0.2, 0) is 10.0 Å². The van der Waals surface area contributed by atoms with Crippen molar-refractivity contribution in [1.29, 1.82) is 0 Å². The Morgan fingerprint density at radius 1 is 1.10 bits per heavy atom. The Morgan fingerprint density at radius 2 is 1.76 bits per heavy atom. The molecule has 2 aromatic carbocycles. The number of aromatic amines is 1. The third-order valence-corrected chi connectivity index (χ3v) is 4.94. The Kier molecular flexibility index (Phi) is 2.87. The number of nitrogens with zero attached hydrogens (tertiary/aromatic N) is 1. The Balaban J connectivity index is 2.33. The lowest BCUT2D eigenvalue weighted by atomic mass is 10.2. The van der Waals surface area contributed by atoms with Crippen LogP contribution in [0.3, 0.4) is 0 Å². The van der Waals surface area contributed by atoms with Crippen molar-refractivity contribution in [1.82, 2.24) is 8.96 Å². The van der Waals surface area contributed by atoms with E-state index in [1.54, 1.807) is 24.3 Å². The minimum Gasteiger partial charge on any atom is -0.399 e. The van der Waals surface area contributed by atoms with Gasteiger partial charge in [-0.25, -0.2) is 13.2 Å². The normalized spacial score (nSPS) is 11.9. The zero-order valence-corrected chi connectivity index (χ0v) is 12.0. The zero-order valence-electron chi connectivity index (χ0n) is 11.2. The van der Waals surface area contributed by atoms with Gasteiger partial charge in [0.15, 0.2) is 0 Å². The quantitative estimate of drug-likeness (QED) is 0.700. The molecule has 6 nitrogen and oxygen atoms in total. The molecule has 0 bridgehead atoms. The molecule has 0 fully saturated rings. The van der Waals surface area contributed by atoms with Crippen molar-refractivity contribution < 1.29 is 8.42 Å². The number of anilines is 1. The number of hydrogen-bond donors (Lipinski definition) is 2. The maximum absolute atomic E-state index is 12.7. The second-order valence-electron chi connectivity index (χ2n) is 4.79. The van der Waals surface area contributed by atoms with Crippen LogP contribution in [0, 0.1) is 6.92 Å². The minimum atomic E-state index is -3.97. The summed E-state index contributed by atoms with van der Waals surface area (Å²) in [7, 11) is -3.97. The van der Waals surface area contributed by atoms with E-state index in [0.29, 0.717) is 11.2 Å². The maximum atomic E-state index is 12.7. The van der Waals surface area contributed by atoms with E-state index in [9.17, 15) is 13.2 Å². The summed E-state index contributed by atoms with van der Waals surface area (Å²) in [5.41, 5.74) is 6.94. The molecule has 0 spiro atoms. The number of H-pyrrole nitrogens is 1. The van der Waals surface area contributed by atoms with Crippen LogP contribution in [0.25, 0.3) is 11.0 Å². The fourth-order valence-electron chi connectivity index (χ4n) is 2.15. The first-order valence-electron chi connectivity index (χ1n) is 6.22. The molecule has 7 heteroatoms. The number of nitrogen functional groups attached to an aromatic ring is 1. The van der Waals surface area contributed by atoms with E-state index in [1.807, 2.05) is 6.92 Å². The summed E-state index contributed by atoms with van der Waals surface area (Å²) in [4.78, 5) is 14.6. The van der Waals surface area contributed by atoms with Crippen molar-refractivity contribution in [3.8, 4) is 0 Å². The number of aromatic nitrogens is 2. The van der Waals surface area contributed by atoms with E-state index in [-0.39, 0.29) is 10.4 Å². The number of imidazole rings is 1. The van der Waals surface area contributed by atoms with Crippen LogP contribution < -0.4 is 11.4 Å². The van der Waals surface area contributed by atoms with E-state index in [2.05, 4.69) is 4.98 Å². The lowest BCUT2D eigenvalue weighted by molar-refractivity contribution is 0.587. The van der Waals surface area contributed by atoms with Gasteiger partial charge in [-0.2, -0.15) is 3.97 Å². The van der Waals surface area contributed by atoms with E-state index in [4.69, 9.17) is 5.73 Å². The molecule has 0 atom stereocenters. The van der Waals surface area contributed by atoms with E-state index >= 15 is 0 Å². The summed E-state index contributed by atoms with van der Waals surface area (Å²) in [6.07, 6.45) is 0. The molecule has 0 unspecified atom stereocenters. The fraction of sp³-hybridized carbons (Fsp3) is 0.0714. The van der Waals surface area contributed by atoms with Gasteiger partial charge in [-0.15, -0.1) is 0 Å². The number of aryl methyl sites for hydroxylation is 1. The van der Waals surface area contributed by atoms with E-state index < -0.39 is 15.7 Å². The maximum Gasteiger partial charge on any atom is 0.340 e. The van der Waals surface area contributed by atoms with Crippen LogP contribution >= 0.6 is 0 Å². The smallest absolute Gasteiger partial charge is 0.340 e. The molecular formula is C14H13N3O3S. The minimum absolute atomic E-state index is 0.0542. The zero-order chi connectivity index (χ0) is 15.2. The molecule has 3 N–H and O–H groups in total. The van der Waals surface area contributed by atoms with Gasteiger partial charge in [-0.3, -0.25) is 0 Å². The van der Waals surface area contributed by atoms with E-state index in [1.165, 1.54) is 18.2 Å². The van der Waals surface area contributed by atoms with Crippen LogP contribution in [0.2, 0.25) is 0 Å². The molecule has 108 valence electrons. The molecule has 0 aliphatic rings. The van der Waals surface area contributed by atoms with E-state index in [0.717, 1.165) is 9.54 Å². The molecule has 0 aliphatic carbocycles. The van der Waals surface area contributed by atoms with Gasteiger partial charge in [0.05, 0.1) is 15.9 Å². The number of fused-ring (bicyclic) bond motifs is 1. The predicted octanol–water partition coefficient (Wildman–Crippen LogP) is 1.46. The first kappa shape index (κ1) is 13.4. The highest BCUT2D eigenvalue weighted by Crippen LogP contribution is 2.20. The molecule has 0 amide bonds. The summed E-state index contributed by atoms with van der Waals surface area (Å²) < 4.78 is 26.0. The topological polar surface area (TPSA) is 98.0 Å². The first-order valence-corrected chi connectivity index (χ1v) is 7.66. The first-order chi connectivity index (χ1) is 9.89. The van der Waals surface area contributed by atoms with Gasteiger partial charge in [0.2, 0.25) is 0 Å². The Morgan fingerprint density at radius 3 is 2.43 bits per heavy atom. The number of hydrogen-bond acceptors (Lipinski definition) is 4. The van der Waals surface area contributed by atoms with Crippen LogP contribution in [-0.4, -0.2) is 17.4 Å². The number of nitrogens with one attached hydrogen (secondary N) is 1. The predicted molar refractivity (Wildman–Crippen MR) is 80.7 cm³/mol. The molecule has 0 radical (unpaired) electrons. The van der Waals surface area contributed by atoms with Crippen LogP contribution in [0.1, 0.15) is 5.56 Å². The van der Waals surface area contributed by atoms with Gasteiger partial charge < -0.3 is 10.7 Å². The van der Waals surface area contributed by atoms with Gasteiger partial charge in [-0.1, -0.05) is 17.7 Å². The monoisotopic (exact) mass is 303 g/mol. The van der Waals surface area contributed by atoms with Crippen molar-refractivity contribution in [2.45, 2.75) is 11.8 Å². The molecule has 0 saturated heterocycles. The molecule has 0 aliphatic heterocycles. The SMILES string of the molecule is Cc1ccc(S(=O)(=O)n2c(=O)[nH]c3ccc(N)cc32)cc1. The van der Waals surface area contributed by atoms with Gasteiger partial charge in [0.25, 0.3) is 10.0 Å². The van der Waals surface area contributed by atoms with Crippen LogP contribution in [0.15, 0.2) is 52.2 Å². The van der Waals surface area contributed by atoms with Crippen LogP contribution in [0.5, 0.6) is 0 Å². The highest BCUT2D eigenvalue weighted by atomic mass is 32.2. The van der Waals surface area contributed by atoms with Crippen molar-refractivity contribution in [2.75, 3.05) is 5.73 Å². The van der Waals surface area contributed by atoms with Gasteiger partial charge >= 0.3 is 5.69 Å². The second kappa shape index (κ2) is 4.49. The summed E-state index contributed by atoms with van der Waals surface area (Å²) in [5.74, 6) is 0. The largest absolute Gasteiger partial charge is 0.399 e. The van der Waals surface area contributed by atoms with Crippen molar-refractivity contribution in [3.63, 3.8) is 0 Å². The average Bonchev–Trinajstić information content (AvgIpc) is 2.75. The lowest BCUT2D eigenvalue weighted by Crippen LogP contribution is -2.25. The summed E-state index contributed by atoms with van der Waals surface area (Å²) >= 11 is 0. The number of rotatable bonds is 2. The Labute approximate surface area is 120 Å². The van der Waals surface area contributed by atoms with Gasteiger partial charge in [0, 0.05) is 5.69 Å². The third-order valence-electron chi connectivity index (χ3n) is 3.23. The Hall–Kier alpha value is -2.54. The number of benzene rings is 2. The van der Waals surface area contributed by atoms with Gasteiger partial charge in [0.1, 0.15) is 0 Å². The molecular weight excluding hydrogens is 290 g/mol. The molecule has 0 saturated carbocycles. The lowest BCUT2D eigenvalue weighted by Gasteiger charge is -2.06. The Bertz CT molecular complexity index is 982. The molecule has 3 rings (SSSR count). The molecule has 1 aromatic heterocycles. The summed E-state index contributed by atoms with van der Waals surface area (Å²) in [5, 5.41) is 0. The third kappa shape index (κ3) is 2.11. The standard InChI is InChI=1S/C14H13N3O3S/c1-9-2-5-11(6-3-9)21(19,20)17-13-8-10(15)4-7-12(13)16-14(17)18/h2-8H,15H2,1H3,(H,16,18). The number of nitrogens with two attached hydrogens (primary N) is 1. The van der Waals surface area contributed by atoms with Crippen molar-refractivity contribution >= 4 is 26.7 Å².